The van der Waals surface area contributed by atoms with Crippen molar-refractivity contribution in [2.75, 3.05) is 20.7 Å². The highest BCUT2D eigenvalue weighted by molar-refractivity contribution is 5.78. The van der Waals surface area contributed by atoms with E-state index in [0.717, 1.165) is 28.8 Å². The molecule has 150 valence electrons. The molecule has 0 spiro atoms. The van der Waals surface area contributed by atoms with E-state index in [2.05, 4.69) is 54.6 Å². The second-order valence-corrected chi connectivity index (χ2v) is 7.47. The van der Waals surface area contributed by atoms with Crippen molar-refractivity contribution >= 4 is 5.91 Å². The lowest BCUT2D eigenvalue weighted by Gasteiger charge is -2.13. The van der Waals surface area contributed by atoms with Crippen LogP contribution < -0.4 is 10.1 Å². The Morgan fingerprint density at radius 3 is 2.45 bits per heavy atom. The number of rotatable bonds is 8. The molecule has 3 aromatic carbocycles. The number of amides is 1. The Labute approximate surface area is 173 Å². The molecule has 0 aliphatic rings. The Balaban J connectivity index is 1.61. The largest absolute Gasteiger partial charge is 0.484 e. The topological polar surface area (TPSA) is 41.6 Å². The number of hydrogen-bond donors (Lipinski definition) is 1. The fourth-order valence-corrected chi connectivity index (χ4v) is 3.21. The smallest absolute Gasteiger partial charge is 0.258 e. The van der Waals surface area contributed by atoms with Gasteiger partial charge in [-0.15, -0.1) is 0 Å². The number of hydrogen-bond acceptors (Lipinski definition) is 3. The molecule has 0 aliphatic carbocycles. The van der Waals surface area contributed by atoms with Crippen LogP contribution in [0.3, 0.4) is 0 Å². The van der Waals surface area contributed by atoms with Gasteiger partial charge in [-0.3, -0.25) is 4.79 Å². The van der Waals surface area contributed by atoms with Crippen LogP contribution in [0.1, 0.15) is 16.7 Å². The second kappa shape index (κ2) is 9.89. The van der Waals surface area contributed by atoms with Crippen molar-refractivity contribution in [3.05, 3.63) is 89.5 Å². The zero-order valence-electron chi connectivity index (χ0n) is 17.3. The Kier molecular flexibility index (Phi) is 7.04. The maximum Gasteiger partial charge on any atom is 0.258 e. The quantitative estimate of drug-likeness (QED) is 0.621. The maximum atomic E-state index is 12.2. The molecule has 0 atom stereocenters. The van der Waals surface area contributed by atoms with E-state index in [1.807, 2.05) is 49.4 Å². The summed E-state index contributed by atoms with van der Waals surface area (Å²) in [5.74, 6) is 0.570. The van der Waals surface area contributed by atoms with E-state index in [-0.39, 0.29) is 12.5 Å². The number of benzene rings is 3. The molecule has 1 N–H and O–H groups in total. The number of ether oxygens (including phenoxy) is 1. The van der Waals surface area contributed by atoms with Gasteiger partial charge in [0.2, 0.25) is 0 Å². The first-order chi connectivity index (χ1) is 14.0. The number of aryl methyl sites for hydroxylation is 1. The molecule has 0 aliphatic heterocycles. The SMILES string of the molecule is Cc1cccc(OCC(=O)NCc2ccccc2-c2ccc(CN(C)C)cc2)c1. The normalized spacial score (nSPS) is 10.8. The summed E-state index contributed by atoms with van der Waals surface area (Å²) >= 11 is 0. The standard InChI is InChI=1S/C25H28N2O2/c1-19-7-6-9-23(15-19)29-18-25(28)26-16-22-8-4-5-10-24(22)21-13-11-20(12-14-21)17-27(2)3/h4-15H,16-18H2,1-3H3,(H,26,28). The third-order valence-electron chi connectivity index (χ3n) is 4.62. The van der Waals surface area contributed by atoms with Crippen LogP contribution in [0, 0.1) is 6.92 Å². The monoisotopic (exact) mass is 388 g/mol. The van der Waals surface area contributed by atoms with Crippen LogP contribution >= 0.6 is 0 Å². The van der Waals surface area contributed by atoms with Gasteiger partial charge in [-0.05, 0) is 61.0 Å². The van der Waals surface area contributed by atoms with Gasteiger partial charge in [0.05, 0.1) is 0 Å². The molecular formula is C25H28N2O2. The van der Waals surface area contributed by atoms with Gasteiger partial charge in [0, 0.05) is 13.1 Å². The van der Waals surface area contributed by atoms with Gasteiger partial charge in [-0.2, -0.15) is 0 Å². The maximum absolute atomic E-state index is 12.2. The Morgan fingerprint density at radius 1 is 0.966 bits per heavy atom. The van der Waals surface area contributed by atoms with E-state index in [1.165, 1.54) is 5.56 Å². The lowest BCUT2D eigenvalue weighted by atomic mass is 9.98. The van der Waals surface area contributed by atoms with Crippen LogP contribution in [-0.2, 0) is 17.9 Å². The first kappa shape index (κ1) is 20.6. The van der Waals surface area contributed by atoms with Gasteiger partial charge in [0.25, 0.3) is 5.91 Å². The second-order valence-electron chi connectivity index (χ2n) is 7.47. The highest BCUT2D eigenvalue weighted by Crippen LogP contribution is 2.24. The first-order valence-electron chi connectivity index (χ1n) is 9.79. The number of nitrogens with zero attached hydrogens (tertiary/aromatic N) is 1. The highest BCUT2D eigenvalue weighted by Gasteiger charge is 2.08. The Morgan fingerprint density at radius 2 is 1.72 bits per heavy atom. The van der Waals surface area contributed by atoms with Crippen molar-refractivity contribution in [1.82, 2.24) is 10.2 Å². The molecule has 0 radical (unpaired) electrons. The molecule has 0 bridgehead atoms. The van der Waals surface area contributed by atoms with Crippen molar-refractivity contribution in [2.45, 2.75) is 20.0 Å². The van der Waals surface area contributed by atoms with E-state index < -0.39 is 0 Å². The molecule has 0 saturated carbocycles. The molecule has 3 rings (SSSR count). The molecule has 0 saturated heterocycles. The summed E-state index contributed by atoms with van der Waals surface area (Å²) in [4.78, 5) is 14.4. The molecule has 0 unspecified atom stereocenters. The molecule has 0 heterocycles. The average molecular weight is 389 g/mol. The zero-order valence-corrected chi connectivity index (χ0v) is 17.3. The third kappa shape index (κ3) is 6.19. The van der Waals surface area contributed by atoms with Crippen molar-refractivity contribution in [3.8, 4) is 16.9 Å². The molecule has 0 fully saturated rings. The van der Waals surface area contributed by atoms with Crippen molar-refractivity contribution in [3.63, 3.8) is 0 Å². The van der Waals surface area contributed by atoms with Crippen LogP contribution in [-0.4, -0.2) is 31.5 Å². The number of carbonyl (C=O) groups is 1. The molecular weight excluding hydrogens is 360 g/mol. The number of carbonyl (C=O) groups excluding carboxylic acids is 1. The first-order valence-corrected chi connectivity index (χ1v) is 9.79. The lowest BCUT2D eigenvalue weighted by Crippen LogP contribution is -2.28. The zero-order chi connectivity index (χ0) is 20.6. The Hall–Kier alpha value is -3.11. The van der Waals surface area contributed by atoms with Crippen molar-refractivity contribution < 1.29 is 9.53 Å². The van der Waals surface area contributed by atoms with Gasteiger partial charge in [0.15, 0.2) is 6.61 Å². The van der Waals surface area contributed by atoms with Gasteiger partial charge in [0.1, 0.15) is 5.75 Å². The molecule has 4 heteroatoms. The van der Waals surface area contributed by atoms with Crippen molar-refractivity contribution in [1.29, 1.82) is 0 Å². The van der Waals surface area contributed by atoms with Crippen LogP contribution in [0.4, 0.5) is 0 Å². The molecule has 0 aromatic heterocycles. The molecule has 4 nitrogen and oxygen atoms in total. The van der Waals surface area contributed by atoms with Crippen LogP contribution in [0.15, 0.2) is 72.8 Å². The van der Waals surface area contributed by atoms with E-state index in [9.17, 15) is 4.79 Å². The molecule has 1 amide bonds. The van der Waals surface area contributed by atoms with Gasteiger partial charge < -0.3 is 15.0 Å². The summed E-state index contributed by atoms with van der Waals surface area (Å²) in [6.07, 6.45) is 0. The fraction of sp³-hybridized carbons (Fsp3) is 0.240. The Bertz CT molecular complexity index is 949. The van der Waals surface area contributed by atoms with Crippen LogP contribution in [0.5, 0.6) is 5.75 Å². The third-order valence-corrected chi connectivity index (χ3v) is 4.62. The number of nitrogens with one attached hydrogen (secondary N) is 1. The minimum Gasteiger partial charge on any atom is -0.484 e. The highest BCUT2D eigenvalue weighted by atomic mass is 16.5. The predicted molar refractivity (Wildman–Crippen MR) is 118 cm³/mol. The average Bonchev–Trinajstić information content (AvgIpc) is 2.71. The van der Waals surface area contributed by atoms with Gasteiger partial charge in [-0.25, -0.2) is 0 Å². The van der Waals surface area contributed by atoms with E-state index in [1.54, 1.807) is 0 Å². The summed E-state index contributed by atoms with van der Waals surface area (Å²) in [6, 6.07) is 24.4. The summed E-state index contributed by atoms with van der Waals surface area (Å²) in [6.45, 7) is 3.38. The summed E-state index contributed by atoms with van der Waals surface area (Å²) in [5.41, 5.74) is 5.74. The summed E-state index contributed by atoms with van der Waals surface area (Å²) in [7, 11) is 4.13. The van der Waals surface area contributed by atoms with Gasteiger partial charge in [-0.1, -0.05) is 60.7 Å². The minimum absolute atomic E-state index is 0.00481. The fourth-order valence-electron chi connectivity index (χ4n) is 3.21. The van der Waals surface area contributed by atoms with Crippen molar-refractivity contribution in [2.24, 2.45) is 0 Å². The van der Waals surface area contributed by atoms with Crippen LogP contribution in [0.2, 0.25) is 0 Å². The molecule has 29 heavy (non-hydrogen) atoms. The van der Waals surface area contributed by atoms with E-state index in [0.29, 0.717) is 12.3 Å². The van der Waals surface area contributed by atoms with E-state index >= 15 is 0 Å². The summed E-state index contributed by atoms with van der Waals surface area (Å²) < 4.78 is 5.58. The minimum atomic E-state index is -0.136. The lowest BCUT2D eigenvalue weighted by molar-refractivity contribution is -0.123. The van der Waals surface area contributed by atoms with Crippen LogP contribution in [0.25, 0.3) is 11.1 Å². The molecule has 3 aromatic rings. The van der Waals surface area contributed by atoms with E-state index in [4.69, 9.17) is 4.74 Å². The predicted octanol–water partition coefficient (Wildman–Crippen LogP) is 4.42. The summed E-state index contributed by atoms with van der Waals surface area (Å²) in [5, 5.41) is 2.96. The van der Waals surface area contributed by atoms with Gasteiger partial charge >= 0.3 is 0 Å².